The second-order valence-corrected chi connectivity index (χ2v) is 4.64. The first-order valence-electron chi connectivity index (χ1n) is 5.31. The normalized spacial score (nSPS) is 16.7. The molecule has 0 fully saturated rings. The highest BCUT2D eigenvalue weighted by Crippen LogP contribution is 2.11. The van der Waals surface area contributed by atoms with Crippen LogP contribution in [0.25, 0.3) is 0 Å². The molecule has 0 saturated heterocycles. The molecule has 0 bridgehead atoms. The molecule has 0 aromatic rings. The van der Waals surface area contributed by atoms with E-state index in [1.54, 1.807) is 0 Å². The van der Waals surface area contributed by atoms with Crippen molar-refractivity contribution < 1.29 is 14.5 Å². The minimum Gasteiger partial charge on any atom is -0.370 e. The van der Waals surface area contributed by atoms with Gasteiger partial charge in [-0.15, -0.1) is 0 Å². The molecule has 14 heavy (non-hydrogen) atoms. The van der Waals surface area contributed by atoms with E-state index in [-0.39, 0.29) is 17.8 Å². The first kappa shape index (κ1) is 13.9. The van der Waals surface area contributed by atoms with Gasteiger partial charge < -0.3 is 4.74 Å². The fourth-order valence-electron chi connectivity index (χ4n) is 0.957. The van der Waals surface area contributed by atoms with Crippen molar-refractivity contribution >= 4 is 0 Å². The maximum absolute atomic E-state index is 5.65. The van der Waals surface area contributed by atoms with E-state index >= 15 is 0 Å². The summed E-state index contributed by atoms with van der Waals surface area (Å²) in [6, 6.07) is 0. The molecule has 0 spiro atoms. The third-order valence-corrected chi connectivity index (χ3v) is 1.66. The highest BCUT2D eigenvalue weighted by atomic mass is 17.2. The average Bonchev–Trinajstić information content (AvgIpc) is 2.00. The first-order chi connectivity index (χ1) is 6.35. The Morgan fingerprint density at radius 1 is 1.07 bits per heavy atom. The van der Waals surface area contributed by atoms with Crippen molar-refractivity contribution in [3.63, 3.8) is 0 Å². The van der Waals surface area contributed by atoms with Crippen LogP contribution in [0.1, 0.15) is 48.0 Å². The summed E-state index contributed by atoms with van der Waals surface area (Å²) in [6.07, 6.45) is 1.16. The zero-order valence-corrected chi connectivity index (χ0v) is 10.3. The number of hydrogen-bond acceptors (Lipinski definition) is 3. The molecule has 0 rings (SSSR count). The predicted molar refractivity (Wildman–Crippen MR) is 57.1 cm³/mol. The number of rotatable bonds is 6. The summed E-state index contributed by atoms with van der Waals surface area (Å²) in [7, 11) is 0. The lowest BCUT2D eigenvalue weighted by molar-refractivity contribution is -0.333. The summed E-state index contributed by atoms with van der Waals surface area (Å²) in [6.45, 7) is 12.6. The average molecular weight is 204 g/mol. The van der Waals surface area contributed by atoms with Crippen LogP contribution >= 0.6 is 0 Å². The zero-order chi connectivity index (χ0) is 11.2. The number of ether oxygens (including phenoxy) is 1. The summed E-state index contributed by atoms with van der Waals surface area (Å²) in [4.78, 5) is 10.2. The molecule has 3 heteroatoms. The molecule has 0 saturated carbocycles. The molecule has 0 N–H and O–H groups in total. The third-order valence-electron chi connectivity index (χ3n) is 1.66. The SMILES string of the molecule is CCC(C)OOCC(C)OC(C)(C)C. The van der Waals surface area contributed by atoms with Gasteiger partial charge >= 0.3 is 0 Å². The predicted octanol–water partition coefficient (Wildman–Crippen LogP) is 2.94. The zero-order valence-electron chi connectivity index (χ0n) is 10.3. The molecule has 0 radical (unpaired) electrons. The van der Waals surface area contributed by atoms with E-state index in [2.05, 4.69) is 6.92 Å². The molecule has 3 nitrogen and oxygen atoms in total. The lowest BCUT2D eigenvalue weighted by atomic mass is 10.2. The van der Waals surface area contributed by atoms with Gasteiger partial charge in [-0.2, -0.15) is 0 Å². The van der Waals surface area contributed by atoms with Gasteiger partial charge in [0.15, 0.2) is 0 Å². The minimum absolute atomic E-state index is 0.0547. The number of hydrogen-bond donors (Lipinski definition) is 0. The molecule has 0 amide bonds. The summed E-state index contributed by atoms with van der Waals surface area (Å²) < 4.78 is 5.65. The van der Waals surface area contributed by atoms with E-state index in [9.17, 15) is 0 Å². The maximum Gasteiger partial charge on any atom is 0.108 e. The highest BCUT2D eigenvalue weighted by molar-refractivity contribution is 4.62. The van der Waals surface area contributed by atoms with Crippen molar-refractivity contribution in [2.45, 2.75) is 65.8 Å². The topological polar surface area (TPSA) is 27.7 Å². The van der Waals surface area contributed by atoms with Crippen LogP contribution in [0.4, 0.5) is 0 Å². The van der Waals surface area contributed by atoms with Gasteiger partial charge in [-0.1, -0.05) is 6.92 Å². The summed E-state index contributed by atoms with van der Waals surface area (Å²) in [5, 5.41) is 0. The molecule has 86 valence electrons. The van der Waals surface area contributed by atoms with Crippen molar-refractivity contribution in [1.29, 1.82) is 0 Å². The largest absolute Gasteiger partial charge is 0.370 e. The Balaban J connectivity index is 3.50. The monoisotopic (exact) mass is 204 g/mol. The molecule has 2 unspecified atom stereocenters. The summed E-state index contributed by atoms with van der Waals surface area (Å²) in [5.41, 5.74) is -0.126. The summed E-state index contributed by atoms with van der Waals surface area (Å²) in [5.74, 6) is 0. The van der Waals surface area contributed by atoms with Gasteiger partial charge in [-0.05, 0) is 41.0 Å². The van der Waals surface area contributed by atoms with Crippen LogP contribution in [0.15, 0.2) is 0 Å². The lowest BCUT2D eigenvalue weighted by Gasteiger charge is -2.24. The Morgan fingerprint density at radius 2 is 1.64 bits per heavy atom. The Kier molecular flexibility index (Phi) is 6.33. The fourth-order valence-corrected chi connectivity index (χ4v) is 0.957. The quantitative estimate of drug-likeness (QED) is 0.492. The van der Waals surface area contributed by atoms with Crippen molar-refractivity contribution in [1.82, 2.24) is 0 Å². The van der Waals surface area contributed by atoms with Gasteiger partial charge in [0.1, 0.15) is 6.61 Å². The molecule has 0 heterocycles. The van der Waals surface area contributed by atoms with Gasteiger partial charge in [-0.25, -0.2) is 9.78 Å². The molecule has 0 aromatic heterocycles. The molecule has 0 aromatic carbocycles. The van der Waals surface area contributed by atoms with Crippen molar-refractivity contribution in [3.05, 3.63) is 0 Å². The van der Waals surface area contributed by atoms with Gasteiger partial charge in [0.25, 0.3) is 0 Å². The second-order valence-electron chi connectivity index (χ2n) is 4.64. The molecular weight excluding hydrogens is 180 g/mol. The smallest absolute Gasteiger partial charge is 0.108 e. The van der Waals surface area contributed by atoms with Crippen molar-refractivity contribution in [3.8, 4) is 0 Å². The Hall–Kier alpha value is -0.120. The minimum atomic E-state index is -0.126. The van der Waals surface area contributed by atoms with Crippen molar-refractivity contribution in [2.75, 3.05) is 6.61 Å². The Morgan fingerprint density at radius 3 is 2.07 bits per heavy atom. The molecule has 0 aliphatic carbocycles. The van der Waals surface area contributed by atoms with Crippen LogP contribution in [0.3, 0.4) is 0 Å². The van der Waals surface area contributed by atoms with E-state index in [0.717, 1.165) is 6.42 Å². The van der Waals surface area contributed by atoms with E-state index in [0.29, 0.717) is 6.61 Å². The first-order valence-corrected chi connectivity index (χ1v) is 5.31. The highest BCUT2D eigenvalue weighted by Gasteiger charge is 2.15. The van der Waals surface area contributed by atoms with Crippen LogP contribution in [-0.2, 0) is 14.5 Å². The Labute approximate surface area is 87.7 Å². The lowest BCUT2D eigenvalue weighted by Crippen LogP contribution is -2.29. The summed E-state index contributed by atoms with van der Waals surface area (Å²) >= 11 is 0. The molecule has 0 aliphatic heterocycles. The Bertz CT molecular complexity index is 140. The van der Waals surface area contributed by atoms with E-state index in [1.807, 2.05) is 34.6 Å². The standard InChI is InChI=1S/C11H24O3/c1-7-9(2)14-12-8-10(3)13-11(4,5)6/h9-10H,7-8H2,1-6H3. The van der Waals surface area contributed by atoms with E-state index in [1.165, 1.54) is 0 Å². The molecular formula is C11H24O3. The van der Waals surface area contributed by atoms with Gasteiger partial charge in [-0.3, -0.25) is 0 Å². The van der Waals surface area contributed by atoms with E-state index < -0.39 is 0 Å². The van der Waals surface area contributed by atoms with Crippen LogP contribution in [0.5, 0.6) is 0 Å². The maximum atomic E-state index is 5.65. The molecule has 0 aliphatic rings. The van der Waals surface area contributed by atoms with Crippen LogP contribution in [0.2, 0.25) is 0 Å². The van der Waals surface area contributed by atoms with Gasteiger partial charge in [0.05, 0.1) is 17.8 Å². The van der Waals surface area contributed by atoms with Crippen LogP contribution in [0, 0.1) is 0 Å². The molecule has 2 atom stereocenters. The van der Waals surface area contributed by atoms with Crippen LogP contribution < -0.4 is 0 Å². The van der Waals surface area contributed by atoms with E-state index in [4.69, 9.17) is 14.5 Å². The van der Waals surface area contributed by atoms with Gasteiger partial charge in [0.2, 0.25) is 0 Å². The second kappa shape index (κ2) is 6.38. The third kappa shape index (κ3) is 8.48. The van der Waals surface area contributed by atoms with Crippen molar-refractivity contribution in [2.24, 2.45) is 0 Å². The van der Waals surface area contributed by atoms with Gasteiger partial charge in [0, 0.05) is 0 Å². The fraction of sp³-hybridized carbons (Fsp3) is 1.00. The van der Waals surface area contributed by atoms with Crippen LogP contribution in [-0.4, -0.2) is 24.4 Å².